The van der Waals surface area contributed by atoms with E-state index in [1.807, 2.05) is 47.0 Å². The van der Waals surface area contributed by atoms with Crippen LogP contribution in [0, 0.1) is 5.92 Å². The molecule has 5 atom stereocenters. The largest absolute Gasteiger partial charge is 1.00 e. The number of likely N-dealkylation sites (N-methyl/N-ethyl adjacent to an activating group) is 3. The molecule has 0 amide bonds. The number of hydrogen-bond acceptors (Lipinski definition) is 16. The van der Waals surface area contributed by atoms with Crippen molar-refractivity contribution in [3.63, 3.8) is 0 Å². The van der Waals surface area contributed by atoms with Gasteiger partial charge in [0.2, 0.25) is 0 Å². The number of halogens is 2. The molecule has 0 radical (unpaired) electrons. The number of nitrogens with one attached hydrogen (secondary N) is 1. The minimum absolute atomic E-state index is 0. The SMILES string of the molecule is C.CC(=O)OC(C)Cl.CC(CN1c2ccccc2Sc2ccccc21)N(C)C.CC(CN1c2ccccc2Sc2ccccc21)[NH+](C)C.CCC(C)CN1c2ccccc2Sc2ccccc21.COCCN(C)C(C)CN1c2ccccc2Sc2ccccc21.O.O=CO[O-].[Cl-].[H-].[Na+].[Na+]. The molecule has 0 fully saturated rings. The number of carbonyl (C=O) groups is 2. The number of anilines is 8. The van der Waals surface area contributed by atoms with Gasteiger partial charge in [-0.2, -0.15) is 0 Å². The van der Waals surface area contributed by atoms with E-state index in [2.05, 4.69) is 303 Å². The van der Waals surface area contributed by atoms with Crippen molar-refractivity contribution in [2.24, 2.45) is 5.92 Å². The molecule has 5 unspecified atom stereocenters. The van der Waals surface area contributed by atoms with Crippen LogP contribution < -0.4 is 101 Å². The van der Waals surface area contributed by atoms with Gasteiger partial charge in [0, 0.05) is 91.5 Å². The van der Waals surface area contributed by atoms with Crippen LogP contribution in [0.1, 0.15) is 63.7 Å². The summed E-state index contributed by atoms with van der Waals surface area (Å²) in [6.45, 7) is 20.0. The van der Waals surface area contributed by atoms with E-state index in [1.54, 1.807) is 14.0 Å². The van der Waals surface area contributed by atoms with Crippen molar-refractivity contribution in [1.82, 2.24) is 9.80 Å². The molecule has 8 aromatic carbocycles. The number of fused-ring (bicyclic) bond motifs is 8. The van der Waals surface area contributed by atoms with Crippen molar-refractivity contribution in [2.75, 3.05) is 101 Å². The molecule has 0 spiro atoms. The topological polar surface area (TPSA) is 140 Å². The smallest absolute Gasteiger partial charge is 1.00 e. The predicted molar refractivity (Wildman–Crippen MR) is 401 cm³/mol. The molecule has 520 valence electrons. The molecule has 0 aromatic heterocycles. The zero-order chi connectivity index (χ0) is 67.0. The van der Waals surface area contributed by atoms with Gasteiger partial charge in [0.05, 0.1) is 72.7 Å². The summed E-state index contributed by atoms with van der Waals surface area (Å²) in [6.07, 6.45) is 1.22. The van der Waals surface area contributed by atoms with Crippen LogP contribution in [0.25, 0.3) is 0 Å². The number of esters is 1. The number of quaternary nitrogens is 1. The Balaban J connectivity index is 0.000000616. The van der Waals surface area contributed by atoms with Crippen LogP contribution in [0.5, 0.6) is 0 Å². The average Bonchev–Trinajstić information content (AvgIpc) is 0.805. The number of hydrogen-bond donors (Lipinski definition) is 1. The molecule has 22 heteroatoms. The molecular formula is C76H99Cl2N7Na2O7S4. The molecule has 0 saturated carbocycles. The van der Waals surface area contributed by atoms with E-state index in [1.165, 1.54) is 103 Å². The molecule has 14 nitrogen and oxygen atoms in total. The number of carbonyl (C=O) groups excluding carboxylic acids is 2. The predicted octanol–water partition coefficient (Wildman–Crippen LogP) is 7.16. The molecule has 3 N–H and O–H groups in total. The maximum absolute atomic E-state index is 9.95. The van der Waals surface area contributed by atoms with E-state index in [4.69, 9.17) is 26.4 Å². The first kappa shape index (κ1) is 89.7. The van der Waals surface area contributed by atoms with Gasteiger partial charge >= 0.3 is 65.1 Å². The van der Waals surface area contributed by atoms with E-state index in [9.17, 15) is 4.79 Å². The third-order valence-electron chi connectivity index (χ3n) is 16.3. The van der Waals surface area contributed by atoms with Crippen molar-refractivity contribution >= 4 is 117 Å². The maximum atomic E-state index is 9.95. The standard InChI is InChI=1S/C19H24N2OS.2C17H20N2S.C17H19NS.C4H7ClO2.CH2O3.CH4.ClH.2Na.H2O.H/c1-15(20(2)12-13-22-3)14-21-16-8-4-6-10-18(16)23-19-11-7-5-9-17(19)21;2*1-13(18(2)3)12-19-14-8-4-6-10-16(14)20-17-11-7-5-9-15(17)19;1-3-13(2)12-18-14-8-4-6-10-16(14)19-17-11-7-5-9-15(17)18;1-3(5)7-4(2)6;2-1-4-3;;;;;;/h4-11,15H,12-14H2,1-3H3;2*4-11,13H,12H2,1-3H3;4-11,13H,3,12H2,1-2H3;3H,1-2H3;1,3H;1H4;1H;;;1H2;/q;;;;;;;;2*+1;;-1/p-1. The third-order valence-corrected chi connectivity index (χ3v) is 20.9. The van der Waals surface area contributed by atoms with Crippen LogP contribution in [0.15, 0.2) is 233 Å². The molecule has 4 aliphatic heterocycles. The Morgan fingerprint density at radius 1 is 0.531 bits per heavy atom. The average molecular weight is 1470 g/mol. The number of rotatable bonds is 17. The Hall–Kier alpha value is -4.36. The second-order valence-corrected chi connectivity index (χ2v) is 28.5. The number of alkyl halides is 1. The molecule has 0 aliphatic carbocycles. The first-order valence-electron chi connectivity index (χ1n) is 31.6. The van der Waals surface area contributed by atoms with Gasteiger partial charge in [-0.1, -0.05) is 183 Å². The summed E-state index contributed by atoms with van der Waals surface area (Å²) in [5.41, 5.74) is 10.1. The van der Waals surface area contributed by atoms with Gasteiger partial charge in [-0.25, -0.2) is 0 Å². The van der Waals surface area contributed by atoms with E-state index >= 15 is 0 Å². The zero-order valence-electron chi connectivity index (χ0n) is 59.9. The fourth-order valence-corrected chi connectivity index (χ4v) is 14.8. The van der Waals surface area contributed by atoms with Crippen molar-refractivity contribution in [3.8, 4) is 0 Å². The van der Waals surface area contributed by atoms with Gasteiger partial charge in [-0.3, -0.25) is 14.5 Å². The molecule has 4 aliphatic rings. The minimum atomic E-state index is -0.502. The first-order chi connectivity index (χ1) is 44.9. The Morgan fingerprint density at radius 2 is 0.786 bits per heavy atom. The van der Waals surface area contributed by atoms with E-state index in [0.29, 0.717) is 24.0 Å². The van der Waals surface area contributed by atoms with Crippen LogP contribution in [-0.2, 0) is 24.0 Å². The summed E-state index contributed by atoms with van der Waals surface area (Å²) in [4.78, 5) is 48.0. The summed E-state index contributed by atoms with van der Waals surface area (Å²) in [5.74, 6) is 0.353. The summed E-state index contributed by atoms with van der Waals surface area (Å²) in [6, 6.07) is 71.1. The quantitative estimate of drug-likeness (QED) is 0.0246. The Bertz CT molecular complexity index is 3360. The first-order valence-corrected chi connectivity index (χ1v) is 35.3. The van der Waals surface area contributed by atoms with Crippen molar-refractivity contribution < 1.29 is 113 Å². The summed E-state index contributed by atoms with van der Waals surface area (Å²) in [7, 11) is 12.7. The van der Waals surface area contributed by atoms with Gasteiger partial charge < -0.3 is 68.3 Å². The van der Waals surface area contributed by atoms with Crippen molar-refractivity contribution in [2.45, 2.75) is 125 Å². The monoisotopic (exact) mass is 1470 g/mol. The van der Waals surface area contributed by atoms with Crippen LogP contribution in [0.2, 0.25) is 0 Å². The zero-order valence-corrected chi connectivity index (χ0v) is 67.7. The number of benzene rings is 8. The normalized spacial score (nSPS) is 13.5. The molecular weight excluding hydrogens is 1370 g/mol. The third kappa shape index (κ3) is 25.9. The summed E-state index contributed by atoms with van der Waals surface area (Å²) >= 11 is 12.7. The van der Waals surface area contributed by atoms with E-state index in [-0.39, 0.29) is 98.3 Å². The van der Waals surface area contributed by atoms with E-state index < -0.39 is 5.56 Å². The number of para-hydroxylation sites is 8. The molecule has 12 rings (SSSR count). The number of ether oxygens (including phenoxy) is 2. The van der Waals surface area contributed by atoms with Crippen molar-refractivity contribution in [1.29, 1.82) is 0 Å². The number of nitrogens with zero attached hydrogens (tertiary/aromatic N) is 6. The van der Waals surface area contributed by atoms with Crippen LogP contribution in [0.4, 0.5) is 45.5 Å². The fraction of sp³-hybridized carbons (Fsp3) is 0.342. The molecule has 8 aromatic rings. The van der Waals surface area contributed by atoms with Gasteiger partial charge in [0.1, 0.15) is 6.04 Å². The second kappa shape index (κ2) is 46.3. The summed E-state index contributed by atoms with van der Waals surface area (Å²) in [5, 5.41) is 8.43. The van der Waals surface area contributed by atoms with Crippen LogP contribution in [-0.4, -0.2) is 133 Å². The van der Waals surface area contributed by atoms with Crippen LogP contribution >= 0.6 is 58.6 Å². The molecule has 98 heavy (non-hydrogen) atoms. The number of methoxy groups -OCH3 is 1. The molecule has 0 bridgehead atoms. The van der Waals surface area contributed by atoms with Gasteiger partial charge in [-0.05, 0) is 152 Å². The van der Waals surface area contributed by atoms with Gasteiger partial charge in [-0.15, -0.1) is 0 Å². The van der Waals surface area contributed by atoms with Crippen molar-refractivity contribution in [3.05, 3.63) is 194 Å². The molecule has 4 heterocycles. The Kier molecular flexibility index (Phi) is 42.4. The van der Waals surface area contributed by atoms with E-state index in [0.717, 1.165) is 39.3 Å². The minimum Gasteiger partial charge on any atom is -1.00 e. The summed E-state index contributed by atoms with van der Waals surface area (Å²) < 4.78 is 9.58. The molecule has 0 saturated heterocycles. The van der Waals surface area contributed by atoms with Gasteiger partial charge in [0.25, 0.3) is 6.47 Å². The van der Waals surface area contributed by atoms with Gasteiger partial charge in [0.15, 0.2) is 5.56 Å². The Labute approximate surface area is 659 Å². The maximum Gasteiger partial charge on any atom is 1.00 e. The fourth-order valence-electron chi connectivity index (χ4n) is 10.3. The second-order valence-electron chi connectivity index (χ2n) is 23.6. The van der Waals surface area contributed by atoms with Crippen LogP contribution in [0.3, 0.4) is 0 Å². The Morgan fingerprint density at radius 3 is 1.00 bits per heavy atom.